The SMILES string of the molecule is CC(=O)OC1(C(C)C)CCCC1.CC(=O)OC1(C(C)C)CCCCC1.CC(=O)OC1(C)C2CC3CC(C2)CC1C3.CC(=O)OC1(C)CCCC1.CC(=O)OC1(C)CCCCC1.CCC1(OC(C)=O)C2CC3CC(C2)CC1C3.CCC1(OC(C)=O)CCCC1.CCC1(OC(C)=O)CCCCC1. The second kappa shape index (κ2) is 39.2. The van der Waals surface area contributed by atoms with E-state index in [4.69, 9.17) is 37.9 Å². The number of rotatable bonds is 13. The minimum atomic E-state index is -0.149. The molecule has 0 heterocycles. The fraction of sp³-hybridized carbons (Fsp3) is 0.905. The molecule has 8 bridgehead atoms. The van der Waals surface area contributed by atoms with Gasteiger partial charge in [0.15, 0.2) is 0 Å². The van der Waals surface area contributed by atoms with E-state index >= 15 is 0 Å². The summed E-state index contributed by atoms with van der Waals surface area (Å²) in [6.07, 6.45) is 47.2. The molecule has 0 aromatic heterocycles. The fourth-order valence-corrected chi connectivity index (χ4v) is 21.2. The van der Waals surface area contributed by atoms with E-state index in [1.807, 2.05) is 13.8 Å². The van der Waals surface area contributed by atoms with Gasteiger partial charge in [-0.1, -0.05) is 67.7 Å². The molecule has 0 aromatic rings. The van der Waals surface area contributed by atoms with E-state index in [9.17, 15) is 38.4 Å². The zero-order valence-corrected chi connectivity index (χ0v) is 66.6. The average molecular weight is 1410 g/mol. The van der Waals surface area contributed by atoms with Crippen molar-refractivity contribution < 1.29 is 76.3 Å². The molecule has 16 nitrogen and oxygen atoms in total. The highest BCUT2D eigenvalue weighted by atomic mass is 16.6. The maximum Gasteiger partial charge on any atom is 0.303 e. The van der Waals surface area contributed by atoms with Crippen LogP contribution in [0, 0.1) is 59.2 Å². The van der Waals surface area contributed by atoms with Crippen LogP contribution in [-0.2, 0) is 76.3 Å². The van der Waals surface area contributed by atoms with E-state index in [0.29, 0.717) is 35.5 Å². The number of hydrogen-bond donors (Lipinski definition) is 0. The van der Waals surface area contributed by atoms with Gasteiger partial charge in [0.25, 0.3) is 0 Å². The molecular formula is C84H144O16. The number of ether oxygens (including phenoxy) is 8. The van der Waals surface area contributed by atoms with E-state index in [0.717, 1.165) is 120 Å². The number of carbonyl (C=O) groups excluding carboxylic acids is 8. The number of carbonyl (C=O) groups is 8. The Morgan fingerprint density at radius 2 is 0.520 bits per heavy atom. The fourth-order valence-electron chi connectivity index (χ4n) is 21.2. The molecule has 0 atom stereocenters. The van der Waals surface area contributed by atoms with Gasteiger partial charge in [-0.25, -0.2) is 0 Å². The molecule has 14 aliphatic carbocycles. The Kier molecular flexibility index (Phi) is 33.9. The highest BCUT2D eigenvalue weighted by Gasteiger charge is 2.59. The van der Waals surface area contributed by atoms with Gasteiger partial charge in [-0.15, -0.1) is 0 Å². The van der Waals surface area contributed by atoms with Crippen molar-refractivity contribution in [3.05, 3.63) is 0 Å². The predicted octanol–water partition coefficient (Wildman–Crippen LogP) is 20.4. The molecule has 14 aliphatic rings. The van der Waals surface area contributed by atoms with Gasteiger partial charge in [-0.05, 0) is 318 Å². The van der Waals surface area contributed by atoms with Gasteiger partial charge in [0.2, 0.25) is 0 Å². The number of hydrogen-bond acceptors (Lipinski definition) is 16. The molecule has 0 N–H and O–H groups in total. The Balaban J connectivity index is 0.000000207. The molecule has 0 aliphatic heterocycles. The molecular weight excluding hydrogens is 1260 g/mol. The first-order valence-electron chi connectivity index (χ1n) is 40.5. The summed E-state index contributed by atoms with van der Waals surface area (Å²) in [5, 5.41) is 0. The van der Waals surface area contributed by atoms with Gasteiger partial charge >= 0.3 is 47.8 Å². The van der Waals surface area contributed by atoms with Gasteiger partial charge in [-0.2, -0.15) is 0 Å². The molecule has 14 rings (SSSR count). The van der Waals surface area contributed by atoms with E-state index in [1.165, 1.54) is 202 Å². The van der Waals surface area contributed by atoms with Crippen LogP contribution in [0.2, 0.25) is 0 Å². The van der Waals surface area contributed by atoms with Crippen LogP contribution < -0.4 is 0 Å². The van der Waals surface area contributed by atoms with Gasteiger partial charge in [0.05, 0.1) is 0 Å². The second-order valence-corrected chi connectivity index (χ2v) is 34.6. The monoisotopic (exact) mass is 1410 g/mol. The Labute approximate surface area is 606 Å². The smallest absolute Gasteiger partial charge is 0.303 e. The topological polar surface area (TPSA) is 210 Å². The summed E-state index contributed by atoms with van der Waals surface area (Å²) in [6, 6.07) is 0. The summed E-state index contributed by atoms with van der Waals surface area (Å²) < 4.78 is 43.5. The summed E-state index contributed by atoms with van der Waals surface area (Å²) in [6.45, 7) is 33.3. The molecule has 100 heavy (non-hydrogen) atoms. The Hall–Kier alpha value is -4.24. The van der Waals surface area contributed by atoms with Crippen LogP contribution in [0.25, 0.3) is 0 Å². The third-order valence-corrected chi connectivity index (χ3v) is 26.1. The highest BCUT2D eigenvalue weighted by molar-refractivity contribution is 5.69. The van der Waals surface area contributed by atoms with Crippen molar-refractivity contribution in [3.63, 3.8) is 0 Å². The predicted molar refractivity (Wildman–Crippen MR) is 392 cm³/mol. The molecule has 0 spiro atoms. The normalized spacial score (nSPS) is 30.8. The van der Waals surface area contributed by atoms with Crippen LogP contribution in [0.1, 0.15) is 381 Å². The lowest BCUT2D eigenvalue weighted by Crippen LogP contribution is -2.59. The highest BCUT2D eigenvalue weighted by Crippen LogP contribution is 2.62. The summed E-state index contributed by atoms with van der Waals surface area (Å²) in [5.74, 6) is 6.31. The minimum Gasteiger partial charge on any atom is -0.460 e. The lowest BCUT2D eigenvalue weighted by molar-refractivity contribution is -0.208. The van der Waals surface area contributed by atoms with Crippen LogP contribution in [0.5, 0.6) is 0 Å². The van der Waals surface area contributed by atoms with Crippen molar-refractivity contribution in [1.82, 2.24) is 0 Å². The Bertz CT molecular complexity index is 2510. The first kappa shape index (κ1) is 86.4. The van der Waals surface area contributed by atoms with Crippen LogP contribution in [-0.4, -0.2) is 92.6 Å². The van der Waals surface area contributed by atoms with Crippen LogP contribution in [0.3, 0.4) is 0 Å². The van der Waals surface area contributed by atoms with Gasteiger partial charge in [-0.3, -0.25) is 38.4 Å². The second-order valence-electron chi connectivity index (χ2n) is 34.6. The van der Waals surface area contributed by atoms with Crippen LogP contribution in [0.15, 0.2) is 0 Å². The molecule has 576 valence electrons. The first-order valence-corrected chi connectivity index (χ1v) is 40.5. The molecule has 0 unspecified atom stereocenters. The molecule has 14 fully saturated rings. The third-order valence-electron chi connectivity index (χ3n) is 26.1. The van der Waals surface area contributed by atoms with Crippen molar-refractivity contribution in [2.45, 2.75) is 426 Å². The van der Waals surface area contributed by atoms with E-state index in [-0.39, 0.29) is 92.6 Å². The summed E-state index contributed by atoms with van der Waals surface area (Å²) in [5.41, 5.74) is -0.972. The summed E-state index contributed by atoms with van der Waals surface area (Å²) in [4.78, 5) is 87.4. The van der Waals surface area contributed by atoms with Gasteiger partial charge in [0, 0.05) is 55.4 Å². The quantitative estimate of drug-likeness (QED) is 0.124. The van der Waals surface area contributed by atoms with E-state index in [1.54, 1.807) is 13.8 Å². The van der Waals surface area contributed by atoms with Crippen molar-refractivity contribution in [2.75, 3.05) is 0 Å². The molecule has 0 amide bonds. The van der Waals surface area contributed by atoms with Gasteiger partial charge < -0.3 is 37.9 Å². The number of esters is 8. The van der Waals surface area contributed by atoms with E-state index in [2.05, 4.69) is 55.4 Å². The average Bonchev–Trinajstić information content (AvgIpc) is 1.07. The molecule has 0 aromatic carbocycles. The molecule has 14 saturated carbocycles. The van der Waals surface area contributed by atoms with E-state index < -0.39 is 0 Å². The Morgan fingerprint density at radius 1 is 0.280 bits per heavy atom. The van der Waals surface area contributed by atoms with Crippen molar-refractivity contribution in [3.8, 4) is 0 Å². The lowest BCUT2D eigenvalue weighted by Gasteiger charge is -2.60. The third kappa shape index (κ3) is 25.5. The molecule has 16 heteroatoms. The minimum absolute atomic E-state index is 0.0747. The van der Waals surface area contributed by atoms with Crippen LogP contribution in [0.4, 0.5) is 0 Å². The lowest BCUT2D eigenvalue weighted by atomic mass is 9.49. The first-order chi connectivity index (χ1) is 47.0. The van der Waals surface area contributed by atoms with Gasteiger partial charge in [0.1, 0.15) is 44.8 Å². The molecule has 0 saturated heterocycles. The van der Waals surface area contributed by atoms with Crippen molar-refractivity contribution in [1.29, 1.82) is 0 Å². The maximum atomic E-state index is 11.4. The zero-order valence-electron chi connectivity index (χ0n) is 66.6. The largest absolute Gasteiger partial charge is 0.460 e. The zero-order chi connectivity index (χ0) is 74.3. The Morgan fingerprint density at radius 3 is 0.780 bits per heavy atom. The summed E-state index contributed by atoms with van der Waals surface area (Å²) in [7, 11) is 0. The standard InChI is InChI=1S/C14H22O2.C13H20O2.C11H20O2.2C10H18O2.2C9H16O2.C8H14O2/c1-3-14(16-9(2)15)12-5-10-4-11(7-12)8-13(14)6-10;1-8(14)15-13(2)11-4-9-3-10(6-11)7-12(13)5-9;1-9(2)11(13-10(3)12)7-5-4-6-8-11;1-8(2)10(12-9(3)11)6-4-5-7-10;1-3-10(12-9(2)11)7-5-4-6-8-10;1-8(10)11-9(2)6-4-3-5-7-9;1-3-9(11-8(2)10)6-4-5-7-9;1-7(9)10-8(2)5-3-4-6-8/h10-13H,3-8H2,1-2H3;9-12H,3-7H2,1-2H3;9H,4-8H2,1-3H3;8H,4-7H2,1-3H3;3-8H2,1-2H3;2*3-7H2,1-2H3;3-6H2,1-2H3. The van der Waals surface area contributed by atoms with Crippen molar-refractivity contribution >= 4 is 47.8 Å². The van der Waals surface area contributed by atoms with Crippen LogP contribution >= 0.6 is 0 Å². The summed E-state index contributed by atoms with van der Waals surface area (Å²) >= 11 is 0. The molecule has 0 radical (unpaired) electrons. The van der Waals surface area contributed by atoms with Crippen molar-refractivity contribution in [2.24, 2.45) is 59.2 Å². The maximum absolute atomic E-state index is 11.4.